The molecule has 0 aliphatic carbocycles. The Morgan fingerprint density at radius 3 is 2.67 bits per heavy atom. The highest BCUT2D eigenvalue weighted by molar-refractivity contribution is 6.32. The van der Waals surface area contributed by atoms with Crippen LogP contribution in [0.4, 0.5) is 5.95 Å². The second-order valence-electron chi connectivity index (χ2n) is 5.92. The highest BCUT2D eigenvalue weighted by atomic mass is 35.5. The summed E-state index contributed by atoms with van der Waals surface area (Å²) in [5.41, 5.74) is 2.90. The molecule has 0 aliphatic rings. The summed E-state index contributed by atoms with van der Waals surface area (Å²) in [5, 5.41) is 3.40. The minimum absolute atomic E-state index is 0.272. The van der Waals surface area contributed by atoms with Gasteiger partial charge in [0.05, 0.1) is 17.2 Å². The number of benzene rings is 2. The number of imidazole rings is 1. The Hall–Kier alpha value is -3.38. The third-order valence-electron chi connectivity index (χ3n) is 4.06. The van der Waals surface area contributed by atoms with Gasteiger partial charge in [-0.2, -0.15) is 0 Å². The minimum atomic E-state index is -0.272. The molecule has 2 heterocycles. The lowest BCUT2D eigenvalue weighted by molar-refractivity contribution is 0.102. The predicted octanol–water partition coefficient (Wildman–Crippen LogP) is 4.96. The zero-order valence-corrected chi connectivity index (χ0v) is 15.1. The molecular formula is C20H15ClN4O2. The molecule has 6 nitrogen and oxygen atoms in total. The van der Waals surface area contributed by atoms with Gasteiger partial charge >= 0.3 is 0 Å². The quantitative estimate of drug-likeness (QED) is 0.525. The molecule has 0 saturated carbocycles. The summed E-state index contributed by atoms with van der Waals surface area (Å²) in [6.45, 7) is 1.89. The van der Waals surface area contributed by atoms with Gasteiger partial charge in [-0.15, -0.1) is 0 Å². The van der Waals surface area contributed by atoms with Gasteiger partial charge in [0.2, 0.25) is 5.95 Å². The van der Waals surface area contributed by atoms with E-state index in [9.17, 15) is 4.79 Å². The van der Waals surface area contributed by atoms with E-state index in [1.165, 1.54) is 0 Å². The van der Waals surface area contributed by atoms with E-state index in [0.717, 1.165) is 16.6 Å². The Balaban J connectivity index is 1.49. The Bertz CT molecular complexity index is 1110. The number of carbonyl (C=O) groups is 1. The number of ether oxygens (including phenoxy) is 1. The molecule has 2 N–H and O–H groups in total. The van der Waals surface area contributed by atoms with Crippen LogP contribution in [0.15, 0.2) is 60.9 Å². The molecule has 0 spiro atoms. The average molecular weight is 379 g/mol. The molecular weight excluding hydrogens is 364 g/mol. The summed E-state index contributed by atoms with van der Waals surface area (Å²) in [4.78, 5) is 23.9. The second-order valence-corrected chi connectivity index (χ2v) is 6.33. The Morgan fingerprint density at radius 2 is 1.93 bits per heavy atom. The second kappa shape index (κ2) is 7.09. The van der Waals surface area contributed by atoms with Gasteiger partial charge in [0.25, 0.3) is 5.91 Å². The molecule has 7 heteroatoms. The van der Waals surface area contributed by atoms with Crippen LogP contribution in [-0.4, -0.2) is 20.9 Å². The number of fused-ring (bicyclic) bond motifs is 1. The molecule has 2 aromatic carbocycles. The number of amides is 1. The predicted molar refractivity (Wildman–Crippen MR) is 105 cm³/mol. The van der Waals surface area contributed by atoms with E-state index in [0.29, 0.717) is 28.0 Å². The van der Waals surface area contributed by atoms with Gasteiger partial charge in [-0.05, 0) is 61.0 Å². The average Bonchev–Trinajstić information content (AvgIpc) is 3.09. The number of H-pyrrole nitrogens is 1. The van der Waals surface area contributed by atoms with E-state index >= 15 is 0 Å². The number of aromatic amines is 1. The van der Waals surface area contributed by atoms with Crippen LogP contribution in [-0.2, 0) is 0 Å². The largest absolute Gasteiger partial charge is 0.456 e. The highest BCUT2D eigenvalue weighted by Gasteiger charge is 2.12. The number of hydrogen-bond acceptors (Lipinski definition) is 4. The maximum atomic E-state index is 12.5. The topological polar surface area (TPSA) is 79.9 Å². The van der Waals surface area contributed by atoms with Gasteiger partial charge in [-0.25, -0.2) is 4.98 Å². The van der Waals surface area contributed by atoms with Crippen molar-refractivity contribution < 1.29 is 9.53 Å². The summed E-state index contributed by atoms with van der Waals surface area (Å²) < 4.78 is 5.67. The van der Waals surface area contributed by atoms with E-state index in [2.05, 4.69) is 20.3 Å². The number of aromatic nitrogens is 3. The van der Waals surface area contributed by atoms with Gasteiger partial charge < -0.3 is 9.72 Å². The van der Waals surface area contributed by atoms with Crippen LogP contribution in [0.3, 0.4) is 0 Å². The molecule has 1 amide bonds. The molecule has 0 bridgehead atoms. The molecule has 134 valence electrons. The van der Waals surface area contributed by atoms with Gasteiger partial charge in [-0.3, -0.25) is 15.1 Å². The number of rotatable bonds is 4. The zero-order chi connectivity index (χ0) is 18.8. The summed E-state index contributed by atoms with van der Waals surface area (Å²) >= 11 is 6.11. The van der Waals surface area contributed by atoms with Crippen LogP contribution in [0.1, 0.15) is 15.9 Å². The normalized spacial score (nSPS) is 10.7. The maximum absolute atomic E-state index is 12.5. The van der Waals surface area contributed by atoms with Crippen molar-refractivity contribution in [2.45, 2.75) is 6.92 Å². The van der Waals surface area contributed by atoms with Crippen LogP contribution in [0.2, 0.25) is 5.02 Å². The lowest BCUT2D eigenvalue weighted by Crippen LogP contribution is -2.12. The molecule has 0 radical (unpaired) electrons. The molecule has 0 aliphatic heterocycles. The van der Waals surface area contributed by atoms with Gasteiger partial charge in [0, 0.05) is 16.8 Å². The van der Waals surface area contributed by atoms with E-state index in [1.807, 2.05) is 19.1 Å². The van der Waals surface area contributed by atoms with Crippen molar-refractivity contribution in [2.75, 3.05) is 5.32 Å². The molecule has 4 rings (SSSR count). The fourth-order valence-electron chi connectivity index (χ4n) is 2.64. The molecule has 4 aromatic rings. The first-order valence-electron chi connectivity index (χ1n) is 8.24. The van der Waals surface area contributed by atoms with Gasteiger partial charge in [-0.1, -0.05) is 11.6 Å². The van der Waals surface area contributed by atoms with Crippen molar-refractivity contribution in [3.05, 3.63) is 77.1 Å². The van der Waals surface area contributed by atoms with Crippen molar-refractivity contribution in [1.82, 2.24) is 15.0 Å². The molecule has 0 saturated heterocycles. The van der Waals surface area contributed by atoms with Crippen LogP contribution in [0.5, 0.6) is 11.5 Å². The molecule has 0 unspecified atom stereocenters. The zero-order valence-electron chi connectivity index (χ0n) is 14.4. The Labute approximate surface area is 160 Å². The van der Waals surface area contributed by atoms with E-state index < -0.39 is 0 Å². The van der Waals surface area contributed by atoms with Crippen molar-refractivity contribution in [2.24, 2.45) is 0 Å². The number of aryl methyl sites for hydroxylation is 1. The minimum Gasteiger partial charge on any atom is -0.456 e. The number of nitrogens with zero attached hydrogens (tertiary/aromatic N) is 2. The summed E-state index contributed by atoms with van der Waals surface area (Å²) in [6.07, 6.45) is 3.30. The van der Waals surface area contributed by atoms with Crippen LogP contribution < -0.4 is 10.1 Å². The van der Waals surface area contributed by atoms with Crippen LogP contribution >= 0.6 is 11.6 Å². The van der Waals surface area contributed by atoms with Crippen LogP contribution in [0.25, 0.3) is 11.0 Å². The highest BCUT2D eigenvalue weighted by Crippen LogP contribution is 2.25. The van der Waals surface area contributed by atoms with Crippen LogP contribution in [0, 0.1) is 6.92 Å². The SMILES string of the molecule is Cc1c(Cl)ccc2[nH]c(NC(=O)c3ccc(Oc4cccnc4)cc3)nc12. The van der Waals surface area contributed by atoms with E-state index in [-0.39, 0.29) is 5.91 Å². The number of anilines is 1. The van der Waals surface area contributed by atoms with E-state index in [1.54, 1.807) is 48.8 Å². The number of hydrogen-bond donors (Lipinski definition) is 2. The first kappa shape index (κ1) is 17.1. The van der Waals surface area contributed by atoms with Crippen molar-refractivity contribution in [3.8, 4) is 11.5 Å². The van der Waals surface area contributed by atoms with Gasteiger partial charge in [0.15, 0.2) is 0 Å². The summed E-state index contributed by atoms with van der Waals surface area (Å²) in [6, 6.07) is 14.1. The third-order valence-corrected chi connectivity index (χ3v) is 4.47. The monoisotopic (exact) mass is 378 g/mol. The lowest BCUT2D eigenvalue weighted by atomic mass is 10.2. The summed E-state index contributed by atoms with van der Waals surface area (Å²) in [5.74, 6) is 1.35. The Kier molecular flexibility index (Phi) is 4.48. The third kappa shape index (κ3) is 3.61. The smallest absolute Gasteiger partial charge is 0.257 e. The lowest BCUT2D eigenvalue weighted by Gasteiger charge is -2.06. The van der Waals surface area contributed by atoms with Crippen molar-refractivity contribution in [3.63, 3.8) is 0 Å². The molecule has 2 aromatic heterocycles. The number of carbonyl (C=O) groups excluding carboxylic acids is 1. The number of halogens is 1. The standard InChI is InChI=1S/C20H15ClN4O2/c1-12-16(21)8-9-17-18(12)24-20(23-17)25-19(26)13-4-6-14(7-5-13)27-15-3-2-10-22-11-15/h2-11H,1H3,(H2,23,24,25,26). The molecule has 0 atom stereocenters. The first-order valence-corrected chi connectivity index (χ1v) is 8.62. The fourth-order valence-corrected chi connectivity index (χ4v) is 2.80. The van der Waals surface area contributed by atoms with Crippen molar-refractivity contribution >= 4 is 34.5 Å². The van der Waals surface area contributed by atoms with Gasteiger partial charge in [0.1, 0.15) is 11.5 Å². The van der Waals surface area contributed by atoms with Crippen molar-refractivity contribution in [1.29, 1.82) is 0 Å². The first-order chi connectivity index (χ1) is 13.1. The maximum Gasteiger partial charge on any atom is 0.257 e. The fraction of sp³-hybridized carbons (Fsp3) is 0.0500. The molecule has 0 fully saturated rings. The summed E-state index contributed by atoms with van der Waals surface area (Å²) in [7, 11) is 0. The van der Waals surface area contributed by atoms with E-state index in [4.69, 9.17) is 16.3 Å². The Morgan fingerprint density at radius 1 is 1.11 bits per heavy atom. The number of nitrogens with one attached hydrogen (secondary N) is 2. The molecule has 27 heavy (non-hydrogen) atoms. The number of pyridine rings is 1.